The Labute approximate surface area is 224 Å². The largest absolute Gasteiger partial charge is 0.467 e. The average Bonchev–Trinajstić information content (AvgIpc) is 3.46. The number of carbonyl (C=O) groups is 2. The van der Waals surface area contributed by atoms with Gasteiger partial charge < -0.3 is 19.1 Å². The van der Waals surface area contributed by atoms with Crippen molar-refractivity contribution >= 4 is 29.2 Å². The lowest BCUT2D eigenvalue weighted by Crippen LogP contribution is -2.52. The summed E-state index contributed by atoms with van der Waals surface area (Å²) in [6.45, 7) is 2.03. The smallest absolute Gasteiger partial charge is 0.254 e. The minimum absolute atomic E-state index is 0.0986. The Morgan fingerprint density at radius 2 is 1.76 bits per heavy atom. The van der Waals surface area contributed by atoms with Gasteiger partial charge in [-0.15, -0.1) is 10.2 Å². The number of benzene rings is 2. The van der Waals surface area contributed by atoms with Gasteiger partial charge in [0.2, 0.25) is 5.91 Å². The van der Waals surface area contributed by atoms with Crippen molar-refractivity contribution in [1.82, 2.24) is 20.0 Å². The van der Waals surface area contributed by atoms with Gasteiger partial charge in [-0.25, -0.2) is 4.39 Å². The number of furan rings is 1. The van der Waals surface area contributed by atoms with Crippen LogP contribution in [0.15, 0.2) is 83.5 Å². The molecular formula is C28H25ClFN5O3. The number of amides is 2. The first-order chi connectivity index (χ1) is 18.5. The van der Waals surface area contributed by atoms with Gasteiger partial charge in [0.15, 0.2) is 5.82 Å². The summed E-state index contributed by atoms with van der Waals surface area (Å²) in [5, 5.41) is 9.31. The van der Waals surface area contributed by atoms with E-state index >= 15 is 0 Å². The number of nitrogens with zero attached hydrogens (tertiary/aromatic N) is 5. The summed E-state index contributed by atoms with van der Waals surface area (Å²) in [5.41, 5.74) is 1.68. The first-order valence-corrected chi connectivity index (χ1v) is 12.5. The summed E-state index contributed by atoms with van der Waals surface area (Å²) in [7, 11) is 0. The van der Waals surface area contributed by atoms with Gasteiger partial charge in [-0.2, -0.15) is 0 Å². The Balaban J connectivity index is 1.22. The van der Waals surface area contributed by atoms with Gasteiger partial charge in [-0.05, 0) is 48.5 Å². The average molecular weight is 534 g/mol. The van der Waals surface area contributed by atoms with E-state index in [9.17, 15) is 14.0 Å². The highest BCUT2D eigenvalue weighted by molar-refractivity contribution is 6.33. The van der Waals surface area contributed by atoms with Gasteiger partial charge in [0.05, 0.1) is 23.5 Å². The van der Waals surface area contributed by atoms with Crippen LogP contribution in [0.1, 0.15) is 16.1 Å². The highest BCUT2D eigenvalue weighted by atomic mass is 35.5. The number of anilines is 1. The van der Waals surface area contributed by atoms with Crippen LogP contribution in [0, 0.1) is 5.82 Å². The van der Waals surface area contributed by atoms with Crippen molar-refractivity contribution in [2.24, 2.45) is 0 Å². The third kappa shape index (κ3) is 5.84. The maximum atomic E-state index is 13.7. The first-order valence-electron chi connectivity index (χ1n) is 12.2. The molecule has 1 saturated heterocycles. The molecule has 10 heteroatoms. The summed E-state index contributed by atoms with van der Waals surface area (Å²) in [5.74, 6) is 0.0990. The van der Waals surface area contributed by atoms with Crippen LogP contribution in [0.3, 0.4) is 0 Å². The molecule has 1 fully saturated rings. The number of halogens is 2. The topological polar surface area (TPSA) is 82.8 Å². The zero-order valence-corrected chi connectivity index (χ0v) is 21.2. The molecule has 8 nitrogen and oxygen atoms in total. The summed E-state index contributed by atoms with van der Waals surface area (Å²) in [6.07, 6.45) is 1.51. The Bertz CT molecular complexity index is 1410. The third-order valence-electron chi connectivity index (χ3n) is 6.37. The predicted octanol–water partition coefficient (Wildman–Crippen LogP) is 4.52. The summed E-state index contributed by atoms with van der Waals surface area (Å²) in [4.78, 5) is 31.5. The Kier molecular flexibility index (Phi) is 7.65. The van der Waals surface area contributed by atoms with E-state index in [1.165, 1.54) is 35.4 Å². The van der Waals surface area contributed by atoms with Crippen molar-refractivity contribution in [3.8, 4) is 11.3 Å². The van der Waals surface area contributed by atoms with E-state index in [0.717, 1.165) is 5.56 Å². The van der Waals surface area contributed by atoms with Crippen LogP contribution >= 0.6 is 11.6 Å². The molecule has 5 rings (SSSR count). The fourth-order valence-corrected chi connectivity index (χ4v) is 4.58. The number of hydrogen-bond acceptors (Lipinski definition) is 6. The molecule has 38 heavy (non-hydrogen) atoms. The maximum absolute atomic E-state index is 13.7. The molecule has 0 spiro atoms. The highest BCUT2D eigenvalue weighted by Crippen LogP contribution is 2.26. The summed E-state index contributed by atoms with van der Waals surface area (Å²) >= 11 is 6.27. The summed E-state index contributed by atoms with van der Waals surface area (Å²) < 4.78 is 19.1. The molecule has 4 aromatic rings. The molecule has 1 aliphatic heterocycles. The maximum Gasteiger partial charge on any atom is 0.254 e. The van der Waals surface area contributed by atoms with Crippen LogP contribution in [-0.2, 0) is 11.3 Å². The van der Waals surface area contributed by atoms with Crippen LogP contribution in [0.4, 0.5) is 10.2 Å². The molecule has 194 valence electrons. The molecular weight excluding hydrogens is 509 g/mol. The van der Waals surface area contributed by atoms with E-state index in [-0.39, 0.29) is 24.6 Å². The lowest BCUT2D eigenvalue weighted by molar-refractivity contribution is -0.132. The third-order valence-corrected chi connectivity index (χ3v) is 6.70. The second-order valence-corrected chi connectivity index (χ2v) is 9.28. The minimum atomic E-state index is -0.515. The second-order valence-electron chi connectivity index (χ2n) is 8.88. The molecule has 0 aliphatic carbocycles. The zero-order valence-electron chi connectivity index (χ0n) is 20.5. The molecule has 0 bridgehead atoms. The monoisotopic (exact) mass is 533 g/mol. The lowest BCUT2D eigenvalue weighted by atomic mass is 10.1. The lowest BCUT2D eigenvalue weighted by Gasteiger charge is -2.36. The molecule has 0 radical (unpaired) electrons. The molecule has 0 N–H and O–H groups in total. The Morgan fingerprint density at radius 3 is 2.45 bits per heavy atom. The van der Waals surface area contributed by atoms with E-state index in [0.29, 0.717) is 48.5 Å². The van der Waals surface area contributed by atoms with Crippen LogP contribution in [0.5, 0.6) is 0 Å². The molecule has 0 saturated carbocycles. The minimum Gasteiger partial charge on any atom is -0.467 e. The van der Waals surface area contributed by atoms with E-state index < -0.39 is 11.7 Å². The van der Waals surface area contributed by atoms with Gasteiger partial charge in [0, 0.05) is 37.3 Å². The molecule has 0 unspecified atom stereocenters. The standard InChI is InChI=1S/C28H25ClFN5O3/c29-24-9-2-1-8-23(24)25-10-11-26(32-31-25)33-12-14-34(15-13-33)27(36)19-35(18-22-7-4-16-38-22)28(37)20-5-3-6-21(30)17-20/h1-11,16-17H,12-15,18-19H2. The number of piperazine rings is 1. The first kappa shape index (κ1) is 25.4. The van der Waals surface area contributed by atoms with Crippen molar-refractivity contribution in [1.29, 1.82) is 0 Å². The van der Waals surface area contributed by atoms with E-state index in [4.69, 9.17) is 16.0 Å². The van der Waals surface area contributed by atoms with Gasteiger partial charge >= 0.3 is 0 Å². The predicted molar refractivity (Wildman–Crippen MR) is 141 cm³/mol. The number of aromatic nitrogens is 2. The van der Waals surface area contributed by atoms with E-state index in [1.807, 2.05) is 36.4 Å². The van der Waals surface area contributed by atoms with Crippen molar-refractivity contribution < 1.29 is 18.4 Å². The Morgan fingerprint density at radius 1 is 0.947 bits per heavy atom. The van der Waals surface area contributed by atoms with Crippen LogP contribution in [-0.4, -0.2) is 64.5 Å². The fraction of sp³-hybridized carbons (Fsp3) is 0.214. The molecule has 0 atom stereocenters. The molecule has 2 aromatic carbocycles. The van der Waals surface area contributed by atoms with Crippen LogP contribution in [0.2, 0.25) is 5.02 Å². The quantitative estimate of drug-likeness (QED) is 0.347. The number of hydrogen-bond donors (Lipinski definition) is 0. The normalized spacial score (nSPS) is 13.4. The summed E-state index contributed by atoms with van der Waals surface area (Å²) in [6, 6.07) is 20.1. The van der Waals surface area contributed by atoms with Gasteiger partial charge in [-0.1, -0.05) is 35.9 Å². The number of rotatable bonds is 7. The molecule has 2 amide bonds. The number of carbonyl (C=O) groups excluding carboxylic acids is 2. The van der Waals surface area contributed by atoms with Crippen molar-refractivity contribution in [2.45, 2.75) is 6.54 Å². The van der Waals surface area contributed by atoms with Crippen LogP contribution < -0.4 is 4.90 Å². The molecule has 1 aliphatic rings. The Hall–Kier alpha value is -4.24. The van der Waals surface area contributed by atoms with Crippen molar-refractivity contribution in [3.05, 3.63) is 101 Å². The molecule has 3 heterocycles. The van der Waals surface area contributed by atoms with Crippen molar-refractivity contribution in [3.63, 3.8) is 0 Å². The fourth-order valence-electron chi connectivity index (χ4n) is 4.35. The highest BCUT2D eigenvalue weighted by Gasteiger charge is 2.27. The van der Waals surface area contributed by atoms with Gasteiger partial charge in [0.25, 0.3) is 5.91 Å². The molecule has 2 aromatic heterocycles. The second kappa shape index (κ2) is 11.4. The SMILES string of the molecule is O=C(CN(Cc1ccco1)C(=O)c1cccc(F)c1)N1CCN(c2ccc(-c3ccccc3Cl)nn2)CC1. The van der Waals surface area contributed by atoms with Crippen LogP contribution in [0.25, 0.3) is 11.3 Å². The van der Waals surface area contributed by atoms with Gasteiger partial charge in [0.1, 0.15) is 18.1 Å². The van der Waals surface area contributed by atoms with Gasteiger partial charge in [-0.3, -0.25) is 9.59 Å². The van der Waals surface area contributed by atoms with E-state index in [2.05, 4.69) is 15.1 Å². The van der Waals surface area contributed by atoms with Crippen molar-refractivity contribution in [2.75, 3.05) is 37.6 Å². The van der Waals surface area contributed by atoms with E-state index in [1.54, 1.807) is 17.0 Å². The zero-order chi connectivity index (χ0) is 26.5.